The Balaban J connectivity index is 2.11. The van der Waals surface area contributed by atoms with Crippen LogP contribution in [0.5, 0.6) is 0 Å². The molecule has 2 rings (SSSR count). The molecule has 0 spiro atoms. The molecule has 4 heteroatoms. The van der Waals surface area contributed by atoms with E-state index in [2.05, 4.69) is 11.8 Å². The molecule has 1 saturated carbocycles. The van der Waals surface area contributed by atoms with Gasteiger partial charge in [0.25, 0.3) is 5.91 Å². The van der Waals surface area contributed by atoms with Crippen LogP contribution in [0.4, 0.5) is 0 Å². The summed E-state index contributed by atoms with van der Waals surface area (Å²) in [5, 5.41) is 10.6. The van der Waals surface area contributed by atoms with Crippen molar-refractivity contribution < 1.29 is 9.90 Å². The van der Waals surface area contributed by atoms with Crippen molar-refractivity contribution in [1.82, 2.24) is 4.90 Å². The molecule has 0 aromatic carbocycles. The first-order valence-corrected chi connectivity index (χ1v) is 7.56. The van der Waals surface area contributed by atoms with Gasteiger partial charge in [0.1, 0.15) is 4.88 Å². The first kappa shape index (κ1) is 14.1. The van der Waals surface area contributed by atoms with Crippen LogP contribution in [0.3, 0.4) is 0 Å². The highest BCUT2D eigenvalue weighted by atomic mass is 32.1. The molecular formula is C15H19NO2S. The molecule has 3 nitrogen and oxygen atoms in total. The molecule has 0 radical (unpaired) electrons. The lowest BCUT2D eigenvalue weighted by molar-refractivity contribution is 0.0740. The van der Waals surface area contributed by atoms with E-state index in [-0.39, 0.29) is 12.5 Å². The monoisotopic (exact) mass is 277 g/mol. The van der Waals surface area contributed by atoms with Crippen LogP contribution in [0.2, 0.25) is 0 Å². The maximum atomic E-state index is 12.5. The predicted molar refractivity (Wildman–Crippen MR) is 77.2 cm³/mol. The number of nitrogens with zero attached hydrogens (tertiary/aromatic N) is 1. The number of rotatable bonds is 3. The van der Waals surface area contributed by atoms with E-state index in [1.165, 1.54) is 24.2 Å². The summed E-state index contributed by atoms with van der Waals surface area (Å²) in [5.74, 6) is 5.93. The van der Waals surface area contributed by atoms with Crippen LogP contribution in [-0.2, 0) is 0 Å². The smallest absolute Gasteiger partial charge is 0.265 e. The second kappa shape index (κ2) is 6.74. The maximum absolute atomic E-state index is 12.5. The van der Waals surface area contributed by atoms with Crippen LogP contribution in [0.15, 0.2) is 11.4 Å². The van der Waals surface area contributed by atoms with Crippen molar-refractivity contribution in [1.29, 1.82) is 0 Å². The normalized spacial score (nSPS) is 15.1. The number of carbonyl (C=O) groups is 1. The highest BCUT2D eigenvalue weighted by Crippen LogP contribution is 2.25. The maximum Gasteiger partial charge on any atom is 0.265 e. The summed E-state index contributed by atoms with van der Waals surface area (Å²) >= 11 is 1.45. The van der Waals surface area contributed by atoms with Gasteiger partial charge in [-0.05, 0) is 24.3 Å². The minimum Gasteiger partial charge on any atom is -0.395 e. The molecule has 1 N–H and O–H groups in total. The summed E-state index contributed by atoms with van der Waals surface area (Å²) in [5.41, 5.74) is 0.785. The van der Waals surface area contributed by atoms with Crippen molar-refractivity contribution in [2.24, 2.45) is 0 Å². The zero-order valence-electron chi connectivity index (χ0n) is 11.2. The molecule has 0 aliphatic heterocycles. The predicted octanol–water partition coefficient (Wildman–Crippen LogP) is 2.50. The van der Waals surface area contributed by atoms with Gasteiger partial charge in [0.2, 0.25) is 0 Å². The van der Waals surface area contributed by atoms with Gasteiger partial charge in [0.05, 0.1) is 6.61 Å². The minimum atomic E-state index is 0.0579. The van der Waals surface area contributed by atoms with E-state index in [0.717, 1.165) is 23.3 Å². The summed E-state index contributed by atoms with van der Waals surface area (Å²) in [6, 6.07) is 2.26. The van der Waals surface area contributed by atoms with E-state index in [9.17, 15) is 4.79 Å². The fourth-order valence-corrected chi connectivity index (χ4v) is 3.24. The number of aliphatic hydroxyl groups excluding tert-OH is 1. The molecule has 0 saturated heterocycles. The topological polar surface area (TPSA) is 40.5 Å². The van der Waals surface area contributed by atoms with E-state index in [1.807, 2.05) is 23.4 Å². The fraction of sp³-hybridized carbons (Fsp3) is 0.533. The minimum absolute atomic E-state index is 0.0579. The summed E-state index contributed by atoms with van der Waals surface area (Å²) < 4.78 is 0. The van der Waals surface area contributed by atoms with Crippen molar-refractivity contribution in [3.05, 3.63) is 21.9 Å². The summed E-state index contributed by atoms with van der Waals surface area (Å²) in [6.07, 6.45) is 5.10. The van der Waals surface area contributed by atoms with Gasteiger partial charge >= 0.3 is 0 Å². The van der Waals surface area contributed by atoms with Crippen LogP contribution < -0.4 is 0 Å². The van der Waals surface area contributed by atoms with Crippen molar-refractivity contribution in [2.75, 3.05) is 13.7 Å². The molecule has 0 bridgehead atoms. The Kier molecular flexibility index (Phi) is 5.00. The number of aliphatic hydroxyl groups is 1. The number of thiophene rings is 1. The first-order valence-electron chi connectivity index (χ1n) is 6.68. The van der Waals surface area contributed by atoms with Crippen LogP contribution in [0.25, 0.3) is 0 Å². The lowest BCUT2D eigenvalue weighted by Gasteiger charge is -2.23. The number of hydrogen-bond donors (Lipinski definition) is 1. The average molecular weight is 277 g/mol. The third-order valence-electron chi connectivity index (χ3n) is 3.51. The molecule has 0 unspecified atom stereocenters. The molecule has 1 fully saturated rings. The molecule has 1 aliphatic rings. The van der Waals surface area contributed by atoms with Gasteiger partial charge in [-0.15, -0.1) is 11.3 Å². The highest BCUT2D eigenvalue weighted by Gasteiger charge is 2.25. The first-order chi connectivity index (χ1) is 9.24. The molecule has 1 aromatic rings. The highest BCUT2D eigenvalue weighted by molar-refractivity contribution is 7.12. The fourth-order valence-electron chi connectivity index (χ4n) is 2.40. The molecule has 1 aromatic heterocycles. The molecule has 19 heavy (non-hydrogen) atoms. The van der Waals surface area contributed by atoms with E-state index in [1.54, 1.807) is 0 Å². The van der Waals surface area contributed by atoms with Crippen LogP contribution >= 0.6 is 11.3 Å². The van der Waals surface area contributed by atoms with Crippen LogP contribution in [-0.4, -0.2) is 35.6 Å². The second-order valence-corrected chi connectivity index (χ2v) is 5.71. The average Bonchev–Trinajstić information content (AvgIpc) is 3.08. The van der Waals surface area contributed by atoms with E-state index in [0.29, 0.717) is 12.5 Å². The summed E-state index contributed by atoms with van der Waals surface area (Å²) in [4.78, 5) is 15.1. The summed E-state index contributed by atoms with van der Waals surface area (Å²) in [7, 11) is 1.89. The largest absolute Gasteiger partial charge is 0.395 e. The Morgan fingerprint density at radius 2 is 2.26 bits per heavy atom. The molecular weight excluding hydrogens is 258 g/mol. The molecule has 1 heterocycles. The van der Waals surface area contributed by atoms with Gasteiger partial charge in [-0.3, -0.25) is 4.79 Å². The Bertz CT molecular complexity index is 492. The molecule has 1 aliphatic carbocycles. The van der Waals surface area contributed by atoms with Crippen molar-refractivity contribution in [3.63, 3.8) is 0 Å². The van der Waals surface area contributed by atoms with Crippen LogP contribution in [0, 0.1) is 11.8 Å². The van der Waals surface area contributed by atoms with E-state index in [4.69, 9.17) is 5.11 Å². The van der Waals surface area contributed by atoms with Gasteiger partial charge in [-0.2, -0.15) is 0 Å². The Morgan fingerprint density at radius 3 is 2.95 bits per heavy atom. The van der Waals surface area contributed by atoms with Crippen molar-refractivity contribution in [3.8, 4) is 11.8 Å². The van der Waals surface area contributed by atoms with Crippen molar-refractivity contribution >= 4 is 17.2 Å². The Morgan fingerprint density at radius 1 is 1.53 bits per heavy atom. The number of amides is 1. The summed E-state index contributed by atoms with van der Waals surface area (Å²) in [6.45, 7) is 0.0579. The van der Waals surface area contributed by atoms with Crippen molar-refractivity contribution in [2.45, 2.75) is 38.1 Å². The third-order valence-corrected chi connectivity index (χ3v) is 4.41. The number of carbonyl (C=O) groups excluding carboxylic acids is 1. The van der Waals surface area contributed by atoms with Gasteiger partial charge in [-0.1, -0.05) is 24.7 Å². The molecule has 0 atom stereocenters. The molecule has 102 valence electrons. The van der Waals surface area contributed by atoms with E-state index >= 15 is 0 Å². The zero-order valence-corrected chi connectivity index (χ0v) is 12.0. The zero-order chi connectivity index (χ0) is 13.7. The number of hydrogen-bond acceptors (Lipinski definition) is 3. The van der Waals surface area contributed by atoms with Gasteiger partial charge in [0, 0.05) is 25.1 Å². The Labute approximate surface area is 118 Å². The lowest BCUT2D eigenvalue weighted by atomic mass is 10.2. The van der Waals surface area contributed by atoms with E-state index < -0.39 is 0 Å². The van der Waals surface area contributed by atoms with Crippen LogP contribution in [0.1, 0.15) is 47.3 Å². The standard InChI is InChI=1S/C15H19NO2S/c1-16(13-7-2-3-8-13)15(18)14-12(9-11-19-14)6-4-5-10-17/h9,11,13,17H,2-3,5,7-8,10H2,1H3. The molecule has 1 amide bonds. The van der Waals surface area contributed by atoms with Gasteiger partial charge < -0.3 is 10.0 Å². The lowest BCUT2D eigenvalue weighted by Crippen LogP contribution is -2.35. The SMILES string of the molecule is CN(C(=O)c1sccc1C#CCCO)C1CCCC1. The van der Waals surface area contributed by atoms with Gasteiger partial charge in [0.15, 0.2) is 0 Å². The third kappa shape index (κ3) is 3.37. The van der Waals surface area contributed by atoms with Gasteiger partial charge in [-0.25, -0.2) is 0 Å². The quantitative estimate of drug-likeness (QED) is 0.862. The second-order valence-electron chi connectivity index (χ2n) is 4.79. The Hall–Kier alpha value is -1.31.